The number of halogens is 1. The highest BCUT2D eigenvalue weighted by atomic mass is 19.1. The van der Waals surface area contributed by atoms with Gasteiger partial charge in [-0.05, 0) is 54.4 Å². The van der Waals surface area contributed by atoms with Crippen molar-refractivity contribution >= 4 is 28.8 Å². The first-order valence-electron chi connectivity index (χ1n) is 9.88. The Labute approximate surface area is 184 Å². The SMILES string of the molecule is COc1ccc(C2=C(Nc3cccc(C)c3)C(=O)N(c3ccccc3F)C2=O)cc1OC. The lowest BCUT2D eigenvalue weighted by Gasteiger charge is -2.16. The number of amides is 2. The summed E-state index contributed by atoms with van der Waals surface area (Å²) in [5, 5.41) is 3.07. The average molecular weight is 432 g/mol. The molecule has 32 heavy (non-hydrogen) atoms. The number of carbonyl (C=O) groups is 2. The van der Waals surface area contributed by atoms with E-state index in [2.05, 4.69) is 5.32 Å². The third-order valence-corrected chi connectivity index (χ3v) is 5.14. The van der Waals surface area contributed by atoms with Crippen LogP contribution in [0.2, 0.25) is 0 Å². The summed E-state index contributed by atoms with van der Waals surface area (Å²) >= 11 is 0. The Kier molecular flexibility index (Phi) is 5.64. The second kappa shape index (κ2) is 8.55. The van der Waals surface area contributed by atoms with Crippen molar-refractivity contribution in [3.63, 3.8) is 0 Å². The van der Waals surface area contributed by atoms with E-state index in [0.717, 1.165) is 10.5 Å². The van der Waals surface area contributed by atoms with Crippen molar-refractivity contribution in [1.29, 1.82) is 0 Å². The van der Waals surface area contributed by atoms with Crippen LogP contribution >= 0.6 is 0 Å². The van der Waals surface area contributed by atoms with E-state index in [9.17, 15) is 14.0 Å². The van der Waals surface area contributed by atoms with Gasteiger partial charge in [0.2, 0.25) is 0 Å². The Bertz CT molecular complexity index is 1250. The molecule has 0 aromatic heterocycles. The number of imide groups is 1. The van der Waals surface area contributed by atoms with Crippen LogP contribution in [0.15, 0.2) is 72.4 Å². The van der Waals surface area contributed by atoms with Gasteiger partial charge in [-0.3, -0.25) is 9.59 Å². The van der Waals surface area contributed by atoms with Crippen LogP contribution < -0.4 is 19.7 Å². The van der Waals surface area contributed by atoms with Crippen LogP contribution in [-0.4, -0.2) is 26.0 Å². The maximum atomic E-state index is 14.5. The Morgan fingerprint density at radius 1 is 0.844 bits per heavy atom. The van der Waals surface area contributed by atoms with E-state index in [1.54, 1.807) is 30.3 Å². The molecule has 0 bridgehead atoms. The maximum absolute atomic E-state index is 14.5. The van der Waals surface area contributed by atoms with E-state index in [0.29, 0.717) is 22.7 Å². The lowest BCUT2D eigenvalue weighted by molar-refractivity contribution is -0.120. The average Bonchev–Trinajstić information content (AvgIpc) is 3.03. The van der Waals surface area contributed by atoms with E-state index in [1.165, 1.54) is 32.4 Å². The second-order valence-electron chi connectivity index (χ2n) is 7.21. The van der Waals surface area contributed by atoms with Crippen molar-refractivity contribution in [3.8, 4) is 11.5 Å². The zero-order chi connectivity index (χ0) is 22.8. The summed E-state index contributed by atoms with van der Waals surface area (Å²) < 4.78 is 25.2. The molecule has 0 spiro atoms. The molecule has 0 unspecified atom stereocenters. The number of aryl methyl sites for hydroxylation is 1. The van der Waals surface area contributed by atoms with Gasteiger partial charge in [-0.25, -0.2) is 9.29 Å². The van der Waals surface area contributed by atoms with Crippen LogP contribution in [0, 0.1) is 12.7 Å². The molecule has 4 rings (SSSR count). The predicted octanol–water partition coefficient (Wildman–Crippen LogP) is 4.55. The quantitative estimate of drug-likeness (QED) is 0.579. The Morgan fingerprint density at radius 2 is 1.59 bits per heavy atom. The summed E-state index contributed by atoms with van der Waals surface area (Å²) in [5.74, 6) is -1.07. The molecule has 7 heteroatoms. The molecule has 3 aromatic carbocycles. The molecular formula is C25H21FN2O4. The number of anilines is 2. The van der Waals surface area contributed by atoms with Crippen LogP contribution in [0.1, 0.15) is 11.1 Å². The number of nitrogens with zero attached hydrogens (tertiary/aromatic N) is 1. The third kappa shape index (κ3) is 3.69. The normalized spacial score (nSPS) is 13.6. The van der Waals surface area contributed by atoms with Gasteiger partial charge < -0.3 is 14.8 Å². The van der Waals surface area contributed by atoms with Crippen molar-refractivity contribution in [3.05, 3.63) is 89.4 Å². The Morgan fingerprint density at radius 3 is 2.28 bits per heavy atom. The van der Waals surface area contributed by atoms with Gasteiger partial charge in [0.15, 0.2) is 11.5 Å². The maximum Gasteiger partial charge on any atom is 0.282 e. The van der Waals surface area contributed by atoms with Crippen LogP contribution in [-0.2, 0) is 9.59 Å². The summed E-state index contributed by atoms with van der Waals surface area (Å²) in [6.07, 6.45) is 0. The van der Waals surface area contributed by atoms with Gasteiger partial charge in [-0.1, -0.05) is 30.3 Å². The zero-order valence-electron chi connectivity index (χ0n) is 17.8. The zero-order valence-corrected chi connectivity index (χ0v) is 17.8. The van der Waals surface area contributed by atoms with Gasteiger partial charge in [0.25, 0.3) is 11.8 Å². The summed E-state index contributed by atoms with van der Waals surface area (Å²) in [4.78, 5) is 27.7. The van der Waals surface area contributed by atoms with Crippen molar-refractivity contribution in [2.75, 3.05) is 24.4 Å². The molecular weight excluding hydrogens is 411 g/mol. The number of hydrogen-bond acceptors (Lipinski definition) is 5. The molecule has 1 heterocycles. The fraction of sp³-hybridized carbons (Fsp3) is 0.120. The highest BCUT2D eigenvalue weighted by molar-refractivity contribution is 6.46. The monoisotopic (exact) mass is 432 g/mol. The van der Waals surface area contributed by atoms with Crippen molar-refractivity contribution < 1.29 is 23.5 Å². The van der Waals surface area contributed by atoms with E-state index in [-0.39, 0.29) is 17.0 Å². The fourth-order valence-corrected chi connectivity index (χ4v) is 3.62. The molecule has 162 valence electrons. The Balaban J connectivity index is 1.87. The molecule has 0 radical (unpaired) electrons. The van der Waals surface area contributed by atoms with Gasteiger partial charge in [0.05, 0.1) is 25.5 Å². The smallest absolute Gasteiger partial charge is 0.282 e. The first kappa shape index (κ1) is 21.1. The number of ether oxygens (including phenoxy) is 2. The standard InChI is InChI=1S/C25H21FN2O4/c1-15-7-6-8-17(13-15)27-23-22(16-11-12-20(31-2)21(14-16)32-3)24(29)28(25(23)30)19-10-5-4-9-18(19)26/h4-14,27H,1-3H3. The molecule has 0 saturated heterocycles. The molecule has 1 N–H and O–H groups in total. The minimum absolute atomic E-state index is 0.0519. The minimum Gasteiger partial charge on any atom is -0.493 e. The van der Waals surface area contributed by atoms with E-state index < -0.39 is 17.6 Å². The van der Waals surface area contributed by atoms with Crippen LogP contribution in [0.3, 0.4) is 0 Å². The second-order valence-corrected chi connectivity index (χ2v) is 7.21. The molecule has 0 atom stereocenters. The van der Waals surface area contributed by atoms with Gasteiger partial charge in [-0.15, -0.1) is 0 Å². The lowest BCUT2D eigenvalue weighted by atomic mass is 10.0. The van der Waals surface area contributed by atoms with Crippen LogP contribution in [0.4, 0.5) is 15.8 Å². The highest BCUT2D eigenvalue weighted by Gasteiger charge is 2.41. The minimum atomic E-state index is -0.669. The Hall–Kier alpha value is -4.13. The van der Waals surface area contributed by atoms with Crippen molar-refractivity contribution in [1.82, 2.24) is 0 Å². The van der Waals surface area contributed by atoms with Gasteiger partial charge in [0.1, 0.15) is 11.5 Å². The molecule has 1 aliphatic heterocycles. The first-order chi connectivity index (χ1) is 15.4. The number of carbonyl (C=O) groups excluding carboxylic acids is 2. The molecule has 3 aromatic rings. The van der Waals surface area contributed by atoms with E-state index in [4.69, 9.17) is 9.47 Å². The molecule has 2 amide bonds. The van der Waals surface area contributed by atoms with Gasteiger partial charge in [0, 0.05) is 5.69 Å². The van der Waals surface area contributed by atoms with E-state index in [1.807, 2.05) is 25.1 Å². The van der Waals surface area contributed by atoms with Gasteiger partial charge in [-0.2, -0.15) is 0 Å². The van der Waals surface area contributed by atoms with Crippen LogP contribution in [0.25, 0.3) is 5.57 Å². The number of nitrogens with one attached hydrogen (secondary N) is 1. The summed E-state index contributed by atoms with van der Waals surface area (Å²) in [6.45, 7) is 1.92. The van der Waals surface area contributed by atoms with Gasteiger partial charge >= 0.3 is 0 Å². The van der Waals surface area contributed by atoms with Crippen LogP contribution in [0.5, 0.6) is 11.5 Å². The third-order valence-electron chi connectivity index (χ3n) is 5.14. The number of benzene rings is 3. The number of rotatable bonds is 6. The van der Waals surface area contributed by atoms with E-state index >= 15 is 0 Å². The predicted molar refractivity (Wildman–Crippen MR) is 120 cm³/mol. The van der Waals surface area contributed by atoms with Crippen molar-refractivity contribution in [2.24, 2.45) is 0 Å². The highest BCUT2D eigenvalue weighted by Crippen LogP contribution is 2.38. The number of methoxy groups -OCH3 is 2. The summed E-state index contributed by atoms with van der Waals surface area (Å²) in [7, 11) is 2.99. The topological polar surface area (TPSA) is 67.9 Å². The summed E-state index contributed by atoms with van der Waals surface area (Å²) in [5.41, 5.74) is 2.11. The molecule has 0 aliphatic carbocycles. The fourth-order valence-electron chi connectivity index (χ4n) is 3.62. The molecule has 0 saturated carbocycles. The van der Waals surface area contributed by atoms with Crippen molar-refractivity contribution in [2.45, 2.75) is 6.92 Å². The molecule has 0 fully saturated rings. The largest absolute Gasteiger partial charge is 0.493 e. The molecule has 1 aliphatic rings. The number of hydrogen-bond donors (Lipinski definition) is 1. The molecule has 6 nitrogen and oxygen atoms in total. The number of para-hydroxylation sites is 1. The summed E-state index contributed by atoms with van der Waals surface area (Å²) in [6, 6.07) is 18.0. The lowest BCUT2D eigenvalue weighted by Crippen LogP contribution is -2.33. The first-order valence-corrected chi connectivity index (χ1v) is 9.88.